The van der Waals surface area contributed by atoms with Gasteiger partial charge in [-0.15, -0.1) is 0 Å². The Morgan fingerprint density at radius 3 is 2.63 bits per heavy atom. The van der Waals surface area contributed by atoms with Crippen LogP contribution >= 0.6 is 0 Å². The zero-order chi connectivity index (χ0) is 21.4. The Morgan fingerprint density at radius 2 is 1.90 bits per heavy atom. The Kier molecular flexibility index (Phi) is 4.67. The highest BCUT2D eigenvalue weighted by molar-refractivity contribution is 5.79. The van der Waals surface area contributed by atoms with Crippen molar-refractivity contribution in [3.05, 3.63) is 65.8 Å². The third-order valence-corrected chi connectivity index (χ3v) is 4.40. The Bertz CT molecular complexity index is 1310. The molecule has 30 heavy (non-hydrogen) atoms. The van der Waals surface area contributed by atoms with Gasteiger partial charge in [-0.2, -0.15) is 5.26 Å². The molecule has 1 unspecified atom stereocenters. The van der Waals surface area contributed by atoms with E-state index in [2.05, 4.69) is 25.3 Å². The number of rotatable bonds is 4. The standard InChI is InChI=1S/C19H13F3N8/c1-9(28-18-12(5-23)17(24)26-8-27-18)19-29-15-3-13(21)14(22)4-16(15)30(19)11-2-10(20)6-25-7-11/h2-4,6-9H,1H3,(H3,24,26,27,28). The van der Waals surface area contributed by atoms with Gasteiger partial charge in [0.25, 0.3) is 0 Å². The molecular formula is C19H13F3N8. The van der Waals surface area contributed by atoms with E-state index in [0.717, 1.165) is 18.3 Å². The lowest BCUT2D eigenvalue weighted by molar-refractivity contribution is 0.510. The molecule has 0 aliphatic rings. The van der Waals surface area contributed by atoms with E-state index < -0.39 is 23.5 Å². The van der Waals surface area contributed by atoms with Crippen LogP contribution < -0.4 is 11.1 Å². The number of nitrogens with one attached hydrogen (secondary N) is 1. The van der Waals surface area contributed by atoms with Gasteiger partial charge in [0.1, 0.15) is 41.2 Å². The summed E-state index contributed by atoms with van der Waals surface area (Å²) in [6.07, 6.45) is 3.58. The Hall–Kier alpha value is -4.20. The lowest BCUT2D eigenvalue weighted by atomic mass is 10.2. The summed E-state index contributed by atoms with van der Waals surface area (Å²) in [4.78, 5) is 16.0. The van der Waals surface area contributed by atoms with Crippen molar-refractivity contribution < 1.29 is 13.2 Å². The second kappa shape index (κ2) is 7.32. The number of aromatic nitrogens is 5. The van der Waals surface area contributed by atoms with Crippen LogP contribution in [0.1, 0.15) is 24.4 Å². The maximum atomic E-state index is 13.9. The zero-order valence-corrected chi connectivity index (χ0v) is 15.4. The molecule has 4 rings (SSSR count). The highest BCUT2D eigenvalue weighted by Gasteiger charge is 2.22. The van der Waals surface area contributed by atoms with E-state index in [1.807, 2.05) is 6.07 Å². The Balaban J connectivity index is 1.89. The van der Waals surface area contributed by atoms with Crippen LogP contribution in [0.15, 0.2) is 36.9 Å². The summed E-state index contributed by atoms with van der Waals surface area (Å²) in [6, 6.07) is 4.40. The minimum absolute atomic E-state index is 0.00539. The van der Waals surface area contributed by atoms with Crippen LogP contribution in [-0.4, -0.2) is 24.5 Å². The van der Waals surface area contributed by atoms with E-state index in [4.69, 9.17) is 5.73 Å². The molecule has 0 radical (unpaired) electrons. The number of fused-ring (bicyclic) bond motifs is 1. The average molecular weight is 410 g/mol. The minimum Gasteiger partial charge on any atom is -0.382 e. The van der Waals surface area contributed by atoms with Gasteiger partial charge in [-0.25, -0.2) is 28.1 Å². The summed E-state index contributed by atoms with van der Waals surface area (Å²) in [5, 5.41) is 12.3. The molecule has 1 atom stereocenters. The van der Waals surface area contributed by atoms with Crippen molar-refractivity contribution in [2.75, 3.05) is 11.1 Å². The van der Waals surface area contributed by atoms with E-state index in [0.29, 0.717) is 0 Å². The molecule has 0 saturated carbocycles. The fourth-order valence-electron chi connectivity index (χ4n) is 3.06. The van der Waals surface area contributed by atoms with Crippen LogP contribution in [-0.2, 0) is 0 Å². The highest BCUT2D eigenvalue weighted by Crippen LogP contribution is 2.29. The molecule has 8 nitrogen and oxygen atoms in total. The van der Waals surface area contributed by atoms with Gasteiger partial charge < -0.3 is 11.1 Å². The van der Waals surface area contributed by atoms with Gasteiger partial charge in [0.05, 0.1) is 35.2 Å². The van der Waals surface area contributed by atoms with E-state index in [9.17, 15) is 18.4 Å². The lowest BCUT2D eigenvalue weighted by Gasteiger charge is -2.17. The van der Waals surface area contributed by atoms with Gasteiger partial charge in [-0.05, 0) is 6.92 Å². The molecule has 0 aliphatic carbocycles. The molecular weight excluding hydrogens is 397 g/mol. The fourth-order valence-corrected chi connectivity index (χ4v) is 3.06. The lowest BCUT2D eigenvalue weighted by Crippen LogP contribution is -2.15. The molecule has 3 aromatic heterocycles. The van der Waals surface area contributed by atoms with Crippen LogP contribution in [0.2, 0.25) is 0 Å². The predicted molar refractivity (Wildman–Crippen MR) is 102 cm³/mol. The number of nitrogens with two attached hydrogens (primary N) is 1. The van der Waals surface area contributed by atoms with Crippen LogP contribution in [0.3, 0.4) is 0 Å². The van der Waals surface area contributed by atoms with Gasteiger partial charge in [-0.1, -0.05) is 0 Å². The van der Waals surface area contributed by atoms with E-state index in [1.54, 1.807) is 6.92 Å². The molecule has 3 N–H and O–H groups in total. The number of imidazole rings is 1. The summed E-state index contributed by atoms with van der Waals surface area (Å²) in [7, 11) is 0. The zero-order valence-electron chi connectivity index (χ0n) is 15.4. The predicted octanol–water partition coefficient (Wildman–Crippen LogP) is 3.25. The SMILES string of the molecule is CC(Nc1ncnc(N)c1C#N)c1nc2cc(F)c(F)cc2n1-c1cncc(F)c1. The molecule has 4 aromatic rings. The monoisotopic (exact) mass is 410 g/mol. The van der Waals surface area contributed by atoms with Crippen LogP contribution in [0, 0.1) is 28.8 Å². The molecule has 0 aliphatic heterocycles. The number of hydrogen-bond donors (Lipinski definition) is 2. The average Bonchev–Trinajstić information content (AvgIpc) is 3.07. The van der Waals surface area contributed by atoms with Gasteiger partial charge >= 0.3 is 0 Å². The summed E-state index contributed by atoms with van der Waals surface area (Å²) in [5.41, 5.74) is 6.38. The van der Waals surface area contributed by atoms with Crippen LogP contribution in [0.25, 0.3) is 16.7 Å². The summed E-state index contributed by atoms with van der Waals surface area (Å²) in [5.74, 6) is -2.31. The van der Waals surface area contributed by atoms with Crippen LogP contribution in [0.5, 0.6) is 0 Å². The highest BCUT2D eigenvalue weighted by atomic mass is 19.2. The van der Waals surface area contributed by atoms with Crippen molar-refractivity contribution in [3.8, 4) is 11.8 Å². The molecule has 150 valence electrons. The van der Waals surface area contributed by atoms with Crippen molar-refractivity contribution in [1.29, 1.82) is 5.26 Å². The molecule has 0 fully saturated rings. The third-order valence-electron chi connectivity index (χ3n) is 4.40. The molecule has 0 saturated heterocycles. The summed E-state index contributed by atoms with van der Waals surface area (Å²) in [6.45, 7) is 1.69. The van der Waals surface area contributed by atoms with E-state index in [1.165, 1.54) is 23.2 Å². The smallest absolute Gasteiger partial charge is 0.161 e. The van der Waals surface area contributed by atoms with Gasteiger partial charge in [-0.3, -0.25) is 9.55 Å². The molecule has 0 amide bonds. The largest absolute Gasteiger partial charge is 0.382 e. The normalized spacial score (nSPS) is 12.0. The number of benzene rings is 1. The van der Waals surface area contributed by atoms with Crippen molar-refractivity contribution in [2.24, 2.45) is 0 Å². The van der Waals surface area contributed by atoms with E-state index in [-0.39, 0.29) is 39.7 Å². The van der Waals surface area contributed by atoms with Gasteiger partial charge in [0, 0.05) is 18.2 Å². The van der Waals surface area contributed by atoms with Crippen molar-refractivity contribution in [1.82, 2.24) is 24.5 Å². The number of halogens is 3. The second-order valence-corrected chi connectivity index (χ2v) is 6.38. The maximum absolute atomic E-state index is 13.9. The number of pyridine rings is 1. The molecule has 11 heteroatoms. The quantitative estimate of drug-likeness (QED) is 0.530. The first-order chi connectivity index (χ1) is 14.4. The third kappa shape index (κ3) is 3.24. The molecule has 1 aromatic carbocycles. The number of nitrogen functional groups attached to an aromatic ring is 1. The van der Waals surface area contributed by atoms with Gasteiger partial charge in [0.2, 0.25) is 0 Å². The van der Waals surface area contributed by atoms with Crippen molar-refractivity contribution in [3.63, 3.8) is 0 Å². The first-order valence-electron chi connectivity index (χ1n) is 8.64. The number of hydrogen-bond acceptors (Lipinski definition) is 7. The second-order valence-electron chi connectivity index (χ2n) is 6.38. The first kappa shape index (κ1) is 19.1. The number of anilines is 2. The Labute approximate surface area is 167 Å². The fraction of sp³-hybridized carbons (Fsp3) is 0.105. The molecule has 3 heterocycles. The summed E-state index contributed by atoms with van der Waals surface area (Å²) < 4.78 is 43.0. The van der Waals surface area contributed by atoms with Crippen molar-refractivity contribution >= 4 is 22.7 Å². The number of nitriles is 1. The van der Waals surface area contributed by atoms with Crippen molar-refractivity contribution in [2.45, 2.75) is 13.0 Å². The number of nitrogens with zero attached hydrogens (tertiary/aromatic N) is 6. The minimum atomic E-state index is -1.07. The molecule has 0 spiro atoms. The molecule has 0 bridgehead atoms. The van der Waals surface area contributed by atoms with Gasteiger partial charge in [0.15, 0.2) is 11.6 Å². The van der Waals surface area contributed by atoms with Crippen LogP contribution in [0.4, 0.5) is 24.8 Å². The van der Waals surface area contributed by atoms with E-state index >= 15 is 0 Å². The topological polar surface area (TPSA) is 118 Å². The Morgan fingerprint density at radius 1 is 1.13 bits per heavy atom. The first-order valence-corrected chi connectivity index (χ1v) is 8.64. The summed E-state index contributed by atoms with van der Waals surface area (Å²) >= 11 is 0. The maximum Gasteiger partial charge on any atom is 0.161 e.